The van der Waals surface area contributed by atoms with Crippen LogP contribution in [0.3, 0.4) is 0 Å². The van der Waals surface area contributed by atoms with Gasteiger partial charge < -0.3 is 15.1 Å². The first-order valence-corrected chi connectivity index (χ1v) is 6.99. The third-order valence-corrected chi connectivity index (χ3v) is 3.72. The SMILES string of the molecule is O=C(Nc1cccnc1)N1CCN(C(=O)C2CC2)CC1. The second kappa shape index (κ2) is 5.48. The number of aromatic nitrogens is 1. The van der Waals surface area contributed by atoms with Gasteiger partial charge in [0.15, 0.2) is 0 Å². The highest BCUT2D eigenvalue weighted by Gasteiger charge is 2.35. The molecule has 0 spiro atoms. The predicted molar refractivity (Wildman–Crippen MR) is 74.1 cm³/mol. The van der Waals surface area contributed by atoms with E-state index in [0.717, 1.165) is 12.8 Å². The number of urea groups is 1. The van der Waals surface area contributed by atoms with Gasteiger partial charge in [0.1, 0.15) is 0 Å². The maximum Gasteiger partial charge on any atom is 0.322 e. The first kappa shape index (κ1) is 12.9. The van der Waals surface area contributed by atoms with Crippen molar-refractivity contribution in [1.29, 1.82) is 0 Å². The average Bonchev–Trinajstić information content (AvgIpc) is 3.32. The van der Waals surface area contributed by atoms with Gasteiger partial charge in [0, 0.05) is 38.3 Å². The van der Waals surface area contributed by atoms with Gasteiger partial charge in [0.2, 0.25) is 5.91 Å². The Kier molecular flexibility index (Phi) is 3.54. The summed E-state index contributed by atoms with van der Waals surface area (Å²) >= 11 is 0. The van der Waals surface area contributed by atoms with E-state index in [1.54, 1.807) is 29.4 Å². The molecule has 1 aromatic heterocycles. The van der Waals surface area contributed by atoms with E-state index in [0.29, 0.717) is 31.9 Å². The van der Waals surface area contributed by atoms with Crippen molar-refractivity contribution in [1.82, 2.24) is 14.8 Å². The molecule has 1 aliphatic heterocycles. The molecular weight excluding hydrogens is 256 g/mol. The molecule has 1 saturated heterocycles. The minimum Gasteiger partial charge on any atom is -0.339 e. The summed E-state index contributed by atoms with van der Waals surface area (Å²) < 4.78 is 0. The number of amides is 3. The van der Waals surface area contributed by atoms with E-state index in [9.17, 15) is 9.59 Å². The maximum atomic E-state index is 12.1. The van der Waals surface area contributed by atoms with Crippen LogP contribution in [0.25, 0.3) is 0 Å². The van der Waals surface area contributed by atoms with Crippen molar-refractivity contribution >= 4 is 17.6 Å². The van der Waals surface area contributed by atoms with E-state index in [1.807, 2.05) is 4.90 Å². The highest BCUT2D eigenvalue weighted by atomic mass is 16.2. The number of pyridine rings is 1. The highest BCUT2D eigenvalue weighted by Crippen LogP contribution is 2.31. The molecule has 106 valence electrons. The summed E-state index contributed by atoms with van der Waals surface area (Å²) in [5.74, 6) is 0.517. The zero-order valence-corrected chi connectivity index (χ0v) is 11.3. The Balaban J connectivity index is 1.50. The fourth-order valence-electron chi connectivity index (χ4n) is 2.36. The van der Waals surface area contributed by atoms with Crippen molar-refractivity contribution in [3.8, 4) is 0 Å². The number of carbonyl (C=O) groups is 2. The molecule has 1 saturated carbocycles. The normalized spacial score (nSPS) is 18.8. The summed E-state index contributed by atoms with van der Waals surface area (Å²) in [5.41, 5.74) is 0.689. The van der Waals surface area contributed by atoms with Crippen LogP contribution in [-0.4, -0.2) is 52.9 Å². The molecule has 3 rings (SSSR count). The predicted octanol–water partition coefficient (Wildman–Crippen LogP) is 1.17. The number of piperazine rings is 1. The molecule has 6 heteroatoms. The summed E-state index contributed by atoms with van der Waals surface area (Å²) in [4.78, 5) is 31.6. The largest absolute Gasteiger partial charge is 0.339 e. The topological polar surface area (TPSA) is 65.5 Å². The second-order valence-corrected chi connectivity index (χ2v) is 5.26. The number of anilines is 1. The van der Waals surface area contributed by atoms with Gasteiger partial charge in [-0.25, -0.2) is 4.79 Å². The Hall–Kier alpha value is -2.11. The molecule has 0 atom stereocenters. The summed E-state index contributed by atoms with van der Waals surface area (Å²) in [6.45, 7) is 2.45. The molecule has 0 bridgehead atoms. The van der Waals surface area contributed by atoms with Crippen LogP contribution in [0, 0.1) is 5.92 Å². The van der Waals surface area contributed by atoms with E-state index in [2.05, 4.69) is 10.3 Å². The van der Waals surface area contributed by atoms with Crippen LogP contribution in [0.2, 0.25) is 0 Å². The minimum absolute atomic E-state index is 0.128. The number of carbonyl (C=O) groups excluding carboxylic acids is 2. The number of hydrogen-bond acceptors (Lipinski definition) is 3. The van der Waals surface area contributed by atoms with Crippen LogP contribution in [0.1, 0.15) is 12.8 Å². The van der Waals surface area contributed by atoms with Crippen molar-refractivity contribution in [3.05, 3.63) is 24.5 Å². The van der Waals surface area contributed by atoms with E-state index in [-0.39, 0.29) is 17.9 Å². The van der Waals surface area contributed by atoms with Gasteiger partial charge in [0.25, 0.3) is 0 Å². The van der Waals surface area contributed by atoms with Crippen LogP contribution in [0.4, 0.5) is 10.5 Å². The van der Waals surface area contributed by atoms with Crippen molar-refractivity contribution < 1.29 is 9.59 Å². The molecule has 0 radical (unpaired) electrons. The Morgan fingerprint density at radius 2 is 1.85 bits per heavy atom. The molecule has 2 heterocycles. The van der Waals surface area contributed by atoms with Crippen LogP contribution in [-0.2, 0) is 4.79 Å². The molecule has 0 unspecified atom stereocenters. The van der Waals surface area contributed by atoms with E-state index < -0.39 is 0 Å². The van der Waals surface area contributed by atoms with Gasteiger partial charge in [-0.3, -0.25) is 9.78 Å². The standard InChI is InChI=1S/C14H18N4O2/c19-13(11-3-4-11)17-6-8-18(9-7-17)14(20)16-12-2-1-5-15-10-12/h1-2,5,10-11H,3-4,6-9H2,(H,16,20). The molecular formula is C14H18N4O2. The Labute approximate surface area is 117 Å². The number of nitrogens with one attached hydrogen (secondary N) is 1. The van der Waals surface area contributed by atoms with Crippen LogP contribution in [0.15, 0.2) is 24.5 Å². The summed E-state index contributed by atoms with van der Waals surface area (Å²) in [6.07, 6.45) is 5.34. The van der Waals surface area contributed by atoms with Gasteiger partial charge in [-0.2, -0.15) is 0 Å². The Morgan fingerprint density at radius 3 is 2.45 bits per heavy atom. The fraction of sp³-hybridized carbons (Fsp3) is 0.500. The lowest BCUT2D eigenvalue weighted by atomic mass is 10.2. The van der Waals surface area contributed by atoms with Crippen molar-refractivity contribution in [2.75, 3.05) is 31.5 Å². The lowest BCUT2D eigenvalue weighted by Gasteiger charge is -2.34. The lowest BCUT2D eigenvalue weighted by molar-refractivity contribution is -0.133. The van der Waals surface area contributed by atoms with E-state index in [4.69, 9.17) is 0 Å². The average molecular weight is 274 g/mol. The third-order valence-electron chi connectivity index (χ3n) is 3.72. The van der Waals surface area contributed by atoms with Crippen molar-refractivity contribution in [2.45, 2.75) is 12.8 Å². The zero-order chi connectivity index (χ0) is 13.9. The number of hydrogen-bond donors (Lipinski definition) is 1. The Bertz CT molecular complexity index is 493. The molecule has 2 fully saturated rings. The molecule has 0 aromatic carbocycles. The van der Waals surface area contributed by atoms with Gasteiger partial charge in [-0.15, -0.1) is 0 Å². The summed E-state index contributed by atoms with van der Waals surface area (Å²) in [5, 5.41) is 2.81. The zero-order valence-electron chi connectivity index (χ0n) is 11.3. The smallest absolute Gasteiger partial charge is 0.322 e. The Morgan fingerprint density at radius 1 is 1.15 bits per heavy atom. The maximum absolute atomic E-state index is 12.1. The van der Waals surface area contributed by atoms with Gasteiger partial charge >= 0.3 is 6.03 Å². The van der Waals surface area contributed by atoms with Crippen molar-refractivity contribution in [3.63, 3.8) is 0 Å². The van der Waals surface area contributed by atoms with E-state index in [1.165, 1.54) is 0 Å². The molecule has 3 amide bonds. The van der Waals surface area contributed by atoms with E-state index >= 15 is 0 Å². The first-order chi connectivity index (χ1) is 9.74. The summed E-state index contributed by atoms with van der Waals surface area (Å²) in [7, 11) is 0. The molecule has 1 aliphatic carbocycles. The number of nitrogens with zero attached hydrogens (tertiary/aromatic N) is 3. The van der Waals surface area contributed by atoms with Gasteiger partial charge in [-0.1, -0.05) is 0 Å². The van der Waals surface area contributed by atoms with Gasteiger partial charge in [0.05, 0.1) is 11.9 Å². The molecule has 6 nitrogen and oxygen atoms in total. The third kappa shape index (κ3) is 2.89. The van der Waals surface area contributed by atoms with Crippen molar-refractivity contribution in [2.24, 2.45) is 5.92 Å². The van der Waals surface area contributed by atoms with Gasteiger partial charge in [-0.05, 0) is 25.0 Å². The van der Waals surface area contributed by atoms with Crippen LogP contribution < -0.4 is 5.32 Å². The fourth-order valence-corrected chi connectivity index (χ4v) is 2.36. The molecule has 1 aromatic rings. The quantitative estimate of drug-likeness (QED) is 0.880. The van der Waals surface area contributed by atoms with Crippen LogP contribution in [0.5, 0.6) is 0 Å². The van der Waals surface area contributed by atoms with Crippen LogP contribution >= 0.6 is 0 Å². The second-order valence-electron chi connectivity index (χ2n) is 5.26. The molecule has 2 aliphatic rings. The lowest BCUT2D eigenvalue weighted by Crippen LogP contribution is -2.52. The number of rotatable bonds is 2. The minimum atomic E-state index is -0.128. The highest BCUT2D eigenvalue weighted by molar-refractivity contribution is 5.89. The monoisotopic (exact) mass is 274 g/mol. The molecule has 20 heavy (non-hydrogen) atoms. The first-order valence-electron chi connectivity index (χ1n) is 6.99. The molecule has 1 N–H and O–H groups in total. The summed E-state index contributed by atoms with van der Waals surface area (Å²) in [6, 6.07) is 3.45.